The van der Waals surface area contributed by atoms with Crippen LogP contribution in [0.4, 0.5) is 5.95 Å². The molecule has 0 saturated carbocycles. The summed E-state index contributed by atoms with van der Waals surface area (Å²) in [7, 11) is -2.34. The number of nitrogens with one attached hydrogen (secondary N) is 1. The van der Waals surface area contributed by atoms with Gasteiger partial charge in [0.2, 0.25) is 5.95 Å². The van der Waals surface area contributed by atoms with Crippen LogP contribution in [0.1, 0.15) is 5.56 Å². The lowest BCUT2D eigenvalue weighted by Gasteiger charge is -2.08. The Balaban J connectivity index is 2.50. The Kier molecular flexibility index (Phi) is 3.55. The second-order valence-electron chi connectivity index (χ2n) is 3.54. The molecule has 9 heteroatoms. The largest absolute Gasteiger partial charge is 0.265 e. The third kappa shape index (κ3) is 2.59. The molecule has 0 amide bonds. The number of aromatic nitrogens is 3. The summed E-state index contributed by atoms with van der Waals surface area (Å²) in [6.07, 6.45) is 1.23. The van der Waals surface area contributed by atoms with E-state index in [1.165, 1.54) is 23.1 Å². The number of halogens is 1. The maximum absolute atomic E-state index is 12.2. The summed E-state index contributed by atoms with van der Waals surface area (Å²) >= 11 is 3.14. The minimum Gasteiger partial charge on any atom is -0.247 e. The molecule has 19 heavy (non-hydrogen) atoms. The van der Waals surface area contributed by atoms with Crippen LogP contribution in [0.2, 0.25) is 0 Å². The van der Waals surface area contributed by atoms with Gasteiger partial charge >= 0.3 is 0 Å². The average molecular weight is 342 g/mol. The molecule has 1 aromatic carbocycles. The first kappa shape index (κ1) is 13.5. The maximum Gasteiger partial charge on any atom is 0.265 e. The van der Waals surface area contributed by atoms with E-state index in [4.69, 9.17) is 5.26 Å². The quantitative estimate of drug-likeness (QED) is 0.905. The molecule has 7 nitrogen and oxygen atoms in total. The van der Waals surface area contributed by atoms with Crippen LogP contribution in [-0.2, 0) is 17.1 Å². The zero-order chi connectivity index (χ0) is 14.0. The Labute approximate surface area is 118 Å². The van der Waals surface area contributed by atoms with Crippen molar-refractivity contribution < 1.29 is 8.42 Å². The van der Waals surface area contributed by atoms with Gasteiger partial charge in [-0.1, -0.05) is 6.07 Å². The number of anilines is 1. The first-order valence-electron chi connectivity index (χ1n) is 5.01. The standard InChI is InChI=1S/C10H8BrN5O2S/c1-16-10(13-6-14-16)15-19(17,18)9-4-2-3-8(11)7(9)5-12/h2-4,6H,1H3,(H,13,14,15). The lowest BCUT2D eigenvalue weighted by molar-refractivity contribution is 0.599. The molecule has 0 aliphatic rings. The normalized spacial score (nSPS) is 11.0. The number of aryl methyl sites for hydroxylation is 1. The molecule has 1 N–H and O–H groups in total. The molecule has 0 aliphatic heterocycles. The van der Waals surface area contributed by atoms with E-state index in [-0.39, 0.29) is 16.4 Å². The third-order valence-corrected chi connectivity index (χ3v) is 4.35. The Hall–Kier alpha value is -1.92. The highest BCUT2D eigenvalue weighted by molar-refractivity contribution is 9.10. The van der Waals surface area contributed by atoms with Gasteiger partial charge in [0, 0.05) is 11.5 Å². The van der Waals surface area contributed by atoms with Gasteiger partial charge in [0.15, 0.2) is 0 Å². The zero-order valence-corrected chi connectivity index (χ0v) is 12.1. The molecule has 0 fully saturated rings. The Morgan fingerprint density at radius 2 is 2.21 bits per heavy atom. The molecule has 98 valence electrons. The highest BCUT2D eigenvalue weighted by atomic mass is 79.9. The van der Waals surface area contributed by atoms with Crippen molar-refractivity contribution in [2.75, 3.05) is 4.72 Å². The Bertz CT molecular complexity index is 762. The zero-order valence-electron chi connectivity index (χ0n) is 9.70. The van der Waals surface area contributed by atoms with E-state index >= 15 is 0 Å². The van der Waals surface area contributed by atoms with Crippen LogP contribution in [0.3, 0.4) is 0 Å². The molecule has 1 heterocycles. The number of nitriles is 1. The van der Waals surface area contributed by atoms with E-state index in [1.54, 1.807) is 13.1 Å². The van der Waals surface area contributed by atoms with Gasteiger partial charge in [0.25, 0.3) is 10.0 Å². The summed E-state index contributed by atoms with van der Waals surface area (Å²) in [5.74, 6) is 0.0730. The van der Waals surface area contributed by atoms with Gasteiger partial charge < -0.3 is 0 Å². The minimum atomic E-state index is -3.90. The molecule has 0 spiro atoms. The second-order valence-corrected chi connectivity index (χ2v) is 6.04. The molecule has 0 aliphatic carbocycles. The van der Waals surface area contributed by atoms with Crippen molar-refractivity contribution in [3.05, 3.63) is 34.6 Å². The van der Waals surface area contributed by atoms with E-state index < -0.39 is 10.0 Å². The van der Waals surface area contributed by atoms with Crippen LogP contribution in [0, 0.1) is 11.3 Å². The molecule has 0 bridgehead atoms. The van der Waals surface area contributed by atoms with Crippen LogP contribution in [-0.4, -0.2) is 23.2 Å². The molecular weight excluding hydrogens is 334 g/mol. The van der Waals surface area contributed by atoms with E-state index in [1.807, 2.05) is 6.07 Å². The van der Waals surface area contributed by atoms with Gasteiger partial charge in [-0.2, -0.15) is 15.3 Å². The van der Waals surface area contributed by atoms with Gasteiger partial charge in [0.05, 0.1) is 5.56 Å². The van der Waals surface area contributed by atoms with Gasteiger partial charge in [-0.3, -0.25) is 0 Å². The first-order valence-corrected chi connectivity index (χ1v) is 7.29. The summed E-state index contributed by atoms with van der Waals surface area (Å²) in [5, 5.41) is 12.8. The third-order valence-electron chi connectivity index (χ3n) is 2.31. The number of hydrogen-bond donors (Lipinski definition) is 1. The summed E-state index contributed by atoms with van der Waals surface area (Å²) in [6.45, 7) is 0. The highest BCUT2D eigenvalue weighted by Crippen LogP contribution is 2.24. The van der Waals surface area contributed by atoms with Crippen LogP contribution in [0.25, 0.3) is 0 Å². The SMILES string of the molecule is Cn1ncnc1NS(=O)(=O)c1cccc(Br)c1C#N. The summed E-state index contributed by atoms with van der Waals surface area (Å²) in [4.78, 5) is 3.65. The van der Waals surface area contributed by atoms with Crippen LogP contribution >= 0.6 is 15.9 Å². The number of hydrogen-bond acceptors (Lipinski definition) is 5. The molecule has 0 radical (unpaired) electrons. The molecule has 0 unspecified atom stereocenters. The predicted molar refractivity (Wildman–Crippen MR) is 70.7 cm³/mol. The lowest BCUT2D eigenvalue weighted by Crippen LogP contribution is -2.17. The first-order chi connectivity index (χ1) is 8.95. The smallest absolute Gasteiger partial charge is 0.247 e. The number of benzene rings is 1. The van der Waals surface area contributed by atoms with E-state index in [2.05, 4.69) is 30.7 Å². The fourth-order valence-electron chi connectivity index (χ4n) is 1.40. The van der Waals surface area contributed by atoms with Crippen LogP contribution in [0.5, 0.6) is 0 Å². The summed E-state index contributed by atoms with van der Waals surface area (Å²) in [6, 6.07) is 6.34. The fourth-order valence-corrected chi connectivity index (χ4v) is 3.20. The molecular formula is C10H8BrN5O2S. The lowest BCUT2D eigenvalue weighted by atomic mass is 10.2. The van der Waals surface area contributed by atoms with Crippen molar-refractivity contribution in [3.8, 4) is 6.07 Å². The molecule has 0 atom stereocenters. The van der Waals surface area contributed by atoms with Crippen molar-refractivity contribution in [2.24, 2.45) is 7.05 Å². The number of rotatable bonds is 3. The monoisotopic (exact) mass is 341 g/mol. The van der Waals surface area contributed by atoms with Crippen molar-refractivity contribution in [1.29, 1.82) is 5.26 Å². The molecule has 0 saturated heterocycles. The fraction of sp³-hybridized carbons (Fsp3) is 0.100. The summed E-state index contributed by atoms with van der Waals surface area (Å²) < 4.78 is 28.4. The van der Waals surface area contributed by atoms with Gasteiger partial charge in [0.1, 0.15) is 17.3 Å². The topological polar surface area (TPSA) is 101 Å². The average Bonchev–Trinajstić information content (AvgIpc) is 2.74. The number of sulfonamides is 1. The molecule has 1 aromatic heterocycles. The molecule has 2 aromatic rings. The second kappa shape index (κ2) is 4.99. The highest BCUT2D eigenvalue weighted by Gasteiger charge is 2.21. The van der Waals surface area contributed by atoms with Crippen molar-refractivity contribution >= 4 is 31.9 Å². The van der Waals surface area contributed by atoms with Gasteiger partial charge in [-0.05, 0) is 28.1 Å². The molecule has 2 rings (SSSR count). The van der Waals surface area contributed by atoms with Crippen molar-refractivity contribution in [1.82, 2.24) is 14.8 Å². The van der Waals surface area contributed by atoms with Gasteiger partial charge in [-0.25, -0.2) is 17.8 Å². The summed E-state index contributed by atoms with van der Waals surface area (Å²) in [5.41, 5.74) is 0.0390. The van der Waals surface area contributed by atoms with Crippen LogP contribution < -0.4 is 4.72 Å². The predicted octanol–water partition coefficient (Wildman–Crippen LogP) is 1.25. The maximum atomic E-state index is 12.2. The van der Waals surface area contributed by atoms with E-state index in [0.717, 1.165) is 0 Å². The van der Waals surface area contributed by atoms with Crippen molar-refractivity contribution in [3.63, 3.8) is 0 Å². The van der Waals surface area contributed by atoms with Gasteiger partial charge in [-0.15, -0.1) is 0 Å². The Morgan fingerprint density at radius 3 is 2.79 bits per heavy atom. The van der Waals surface area contributed by atoms with Crippen molar-refractivity contribution in [2.45, 2.75) is 4.90 Å². The Morgan fingerprint density at radius 1 is 1.47 bits per heavy atom. The minimum absolute atomic E-state index is 0.0390. The van der Waals surface area contributed by atoms with Crippen LogP contribution in [0.15, 0.2) is 33.9 Å². The van der Waals surface area contributed by atoms with E-state index in [0.29, 0.717) is 4.47 Å². The number of nitrogens with zero attached hydrogens (tertiary/aromatic N) is 4. The van der Waals surface area contributed by atoms with E-state index in [9.17, 15) is 8.42 Å².